The van der Waals surface area contributed by atoms with Gasteiger partial charge >= 0.3 is 0 Å². The molecule has 0 radical (unpaired) electrons. The molecule has 2 fully saturated rings. The van der Waals surface area contributed by atoms with E-state index in [2.05, 4.69) is 15.1 Å². The maximum Gasteiger partial charge on any atom is 0.253 e. The summed E-state index contributed by atoms with van der Waals surface area (Å²) in [6.45, 7) is 6.85. The number of carbonyl (C=O) groups is 1. The van der Waals surface area contributed by atoms with Crippen LogP contribution in [0.2, 0.25) is 0 Å². The molecule has 2 heterocycles. The second kappa shape index (κ2) is 11.3. The van der Waals surface area contributed by atoms with Gasteiger partial charge in [-0.1, -0.05) is 20.3 Å². The van der Waals surface area contributed by atoms with Gasteiger partial charge in [0.2, 0.25) is 15.9 Å². The highest BCUT2D eigenvalue weighted by molar-refractivity contribution is 7.89. The van der Waals surface area contributed by atoms with Crippen LogP contribution in [0.3, 0.4) is 0 Å². The molecule has 35 heavy (non-hydrogen) atoms. The first-order valence-electron chi connectivity index (χ1n) is 12.6. The Bertz CT molecular complexity index is 1070. The number of carbonyl (C=O) groups excluding carboxylic acids is 1. The zero-order valence-electron chi connectivity index (χ0n) is 20.6. The molecular formula is C25H35N5O4S. The molecule has 1 amide bonds. The molecule has 2 aliphatic rings. The molecule has 190 valence electrons. The Balaban J connectivity index is 1.31. The van der Waals surface area contributed by atoms with E-state index < -0.39 is 10.0 Å². The van der Waals surface area contributed by atoms with E-state index in [0.717, 1.165) is 18.7 Å². The minimum Gasteiger partial charge on any atom is -0.473 e. The normalized spacial score (nSPS) is 17.6. The van der Waals surface area contributed by atoms with Gasteiger partial charge in [-0.15, -0.1) is 10.2 Å². The number of anilines is 1. The summed E-state index contributed by atoms with van der Waals surface area (Å²) in [4.78, 5) is 17.1. The number of aromatic nitrogens is 2. The Labute approximate surface area is 208 Å². The van der Waals surface area contributed by atoms with Gasteiger partial charge in [-0.2, -0.15) is 4.31 Å². The molecule has 0 N–H and O–H groups in total. The highest BCUT2D eigenvalue weighted by Crippen LogP contribution is 2.23. The largest absolute Gasteiger partial charge is 0.473 e. The van der Waals surface area contributed by atoms with Crippen LogP contribution in [-0.2, 0) is 10.0 Å². The molecular weight excluding hydrogens is 466 g/mol. The molecule has 2 aromatic rings. The molecule has 0 atom stereocenters. The third kappa shape index (κ3) is 5.92. The molecule has 1 saturated carbocycles. The lowest BCUT2D eigenvalue weighted by Crippen LogP contribution is -2.49. The summed E-state index contributed by atoms with van der Waals surface area (Å²) < 4.78 is 32.7. The molecule has 4 rings (SSSR count). The van der Waals surface area contributed by atoms with E-state index in [-0.39, 0.29) is 16.9 Å². The Morgan fingerprint density at radius 3 is 2.17 bits per heavy atom. The van der Waals surface area contributed by atoms with E-state index in [1.54, 1.807) is 17.0 Å². The molecule has 0 spiro atoms. The van der Waals surface area contributed by atoms with Crippen molar-refractivity contribution >= 4 is 21.7 Å². The van der Waals surface area contributed by atoms with Crippen molar-refractivity contribution in [1.82, 2.24) is 19.4 Å². The number of hydrogen-bond acceptors (Lipinski definition) is 7. The summed E-state index contributed by atoms with van der Waals surface area (Å²) >= 11 is 0. The standard InChI is InChI=1S/C25H35N5O4S/c1-3-30(4-2)35(32,33)22-12-10-20(11-13-22)25(31)29-18-16-28(17-19-29)23-14-15-24(27-26-23)34-21-8-6-5-7-9-21/h10-15,21H,3-9,16-19H2,1-2H3. The number of piperazine rings is 1. The van der Waals surface area contributed by atoms with Crippen molar-refractivity contribution in [2.24, 2.45) is 0 Å². The first-order valence-corrected chi connectivity index (χ1v) is 14.0. The van der Waals surface area contributed by atoms with Gasteiger partial charge in [0.15, 0.2) is 5.82 Å². The van der Waals surface area contributed by atoms with Gasteiger partial charge in [-0.05, 0) is 56.0 Å². The van der Waals surface area contributed by atoms with Gasteiger partial charge in [0.25, 0.3) is 5.91 Å². The Kier molecular flexibility index (Phi) is 8.22. The van der Waals surface area contributed by atoms with Crippen LogP contribution < -0.4 is 9.64 Å². The van der Waals surface area contributed by atoms with Crippen LogP contribution in [-0.4, -0.2) is 79.1 Å². The van der Waals surface area contributed by atoms with Gasteiger partial charge in [0.05, 0.1) is 4.90 Å². The first-order chi connectivity index (χ1) is 16.9. The summed E-state index contributed by atoms with van der Waals surface area (Å²) in [5, 5.41) is 8.60. The monoisotopic (exact) mass is 501 g/mol. The number of nitrogens with zero attached hydrogens (tertiary/aromatic N) is 5. The highest BCUT2D eigenvalue weighted by atomic mass is 32.2. The van der Waals surface area contributed by atoms with Crippen LogP contribution in [0.15, 0.2) is 41.3 Å². The molecule has 1 saturated heterocycles. The Hall–Kier alpha value is -2.72. The van der Waals surface area contributed by atoms with Gasteiger partial charge in [-0.3, -0.25) is 4.79 Å². The summed E-state index contributed by atoms with van der Waals surface area (Å²) in [6.07, 6.45) is 6.09. The molecule has 0 unspecified atom stereocenters. The second-order valence-corrected chi connectivity index (χ2v) is 10.9. The number of benzene rings is 1. The number of rotatable bonds is 8. The van der Waals surface area contributed by atoms with E-state index in [9.17, 15) is 13.2 Å². The van der Waals surface area contributed by atoms with E-state index in [1.165, 1.54) is 35.7 Å². The third-order valence-corrected chi connectivity index (χ3v) is 8.87. The molecule has 1 aromatic heterocycles. The predicted octanol–water partition coefficient (Wildman–Crippen LogP) is 3.18. The molecule has 1 aliphatic heterocycles. The fourth-order valence-electron chi connectivity index (χ4n) is 4.70. The second-order valence-electron chi connectivity index (χ2n) is 9.00. The topological polar surface area (TPSA) is 95.9 Å². The third-order valence-electron chi connectivity index (χ3n) is 6.80. The maximum absolute atomic E-state index is 13.0. The predicted molar refractivity (Wildman–Crippen MR) is 134 cm³/mol. The van der Waals surface area contributed by atoms with Crippen molar-refractivity contribution < 1.29 is 17.9 Å². The van der Waals surface area contributed by atoms with Crippen LogP contribution >= 0.6 is 0 Å². The van der Waals surface area contributed by atoms with Crippen molar-refractivity contribution in [3.8, 4) is 5.88 Å². The zero-order valence-corrected chi connectivity index (χ0v) is 21.4. The zero-order chi connectivity index (χ0) is 24.8. The smallest absolute Gasteiger partial charge is 0.253 e. The van der Waals surface area contributed by atoms with Crippen molar-refractivity contribution in [2.75, 3.05) is 44.2 Å². The SMILES string of the molecule is CCN(CC)S(=O)(=O)c1ccc(C(=O)N2CCN(c3ccc(OC4CCCCC4)nn3)CC2)cc1. The summed E-state index contributed by atoms with van der Waals surface area (Å²) in [5.41, 5.74) is 0.487. The molecule has 1 aromatic carbocycles. The minimum absolute atomic E-state index is 0.0984. The molecule has 9 nitrogen and oxygen atoms in total. The first kappa shape index (κ1) is 25.4. The average Bonchev–Trinajstić information content (AvgIpc) is 2.90. The van der Waals surface area contributed by atoms with E-state index >= 15 is 0 Å². The van der Waals surface area contributed by atoms with E-state index in [4.69, 9.17) is 4.74 Å². The van der Waals surface area contributed by atoms with Crippen LogP contribution in [0.25, 0.3) is 0 Å². The Morgan fingerprint density at radius 1 is 0.943 bits per heavy atom. The highest BCUT2D eigenvalue weighted by Gasteiger charge is 2.25. The van der Waals surface area contributed by atoms with Crippen molar-refractivity contribution in [1.29, 1.82) is 0 Å². The Morgan fingerprint density at radius 2 is 1.60 bits per heavy atom. The van der Waals surface area contributed by atoms with Crippen LogP contribution in [0.4, 0.5) is 5.82 Å². The van der Waals surface area contributed by atoms with Crippen LogP contribution in [0.1, 0.15) is 56.3 Å². The van der Waals surface area contributed by atoms with Gasteiger partial charge in [0, 0.05) is 50.9 Å². The average molecular weight is 502 g/mol. The lowest BCUT2D eigenvalue weighted by molar-refractivity contribution is 0.0746. The summed E-state index contributed by atoms with van der Waals surface area (Å²) in [7, 11) is -3.54. The number of amides is 1. The summed E-state index contributed by atoms with van der Waals surface area (Å²) in [6, 6.07) is 10.0. The van der Waals surface area contributed by atoms with Crippen molar-refractivity contribution in [3.63, 3.8) is 0 Å². The summed E-state index contributed by atoms with van der Waals surface area (Å²) in [5.74, 6) is 1.25. The lowest BCUT2D eigenvalue weighted by atomic mass is 9.98. The quantitative estimate of drug-likeness (QED) is 0.548. The van der Waals surface area contributed by atoms with Gasteiger partial charge in [-0.25, -0.2) is 8.42 Å². The number of hydrogen-bond donors (Lipinski definition) is 0. The van der Waals surface area contributed by atoms with Crippen molar-refractivity contribution in [2.45, 2.75) is 57.0 Å². The van der Waals surface area contributed by atoms with Gasteiger partial charge in [0.1, 0.15) is 6.10 Å². The lowest BCUT2D eigenvalue weighted by Gasteiger charge is -2.35. The van der Waals surface area contributed by atoms with Crippen LogP contribution in [0, 0.1) is 0 Å². The van der Waals surface area contributed by atoms with E-state index in [0.29, 0.717) is 50.7 Å². The molecule has 0 bridgehead atoms. The van der Waals surface area contributed by atoms with Crippen molar-refractivity contribution in [3.05, 3.63) is 42.0 Å². The minimum atomic E-state index is -3.54. The maximum atomic E-state index is 13.0. The molecule has 1 aliphatic carbocycles. The van der Waals surface area contributed by atoms with Crippen LogP contribution in [0.5, 0.6) is 5.88 Å². The van der Waals surface area contributed by atoms with E-state index in [1.807, 2.05) is 26.0 Å². The molecule has 10 heteroatoms. The fourth-order valence-corrected chi connectivity index (χ4v) is 6.16. The number of ether oxygens (including phenoxy) is 1. The van der Waals surface area contributed by atoms with Gasteiger partial charge < -0.3 is 14.5 Å². The number of sulfonamides is 1. The fraction of sp³-hybridized carbons (Fsp3) is 0.560.